The van der Waals surface area contributed by atoms with Crippen LogP contribution in [0, 0.1) is 0 Å². The van der Waals surface area contributed by atoms with Crippen LogP contribution < -0.4 is 16.2 Å². The first kappa shape index (κ1) is 17.7. The Bertz CT molecular complexity index is 909. The fourth-order valence-corrected chi connectivity index (χ4v) is 4.57. The predicted molar refractivity (Wildman–Crippen MR) is 97.1 cm³/mol. The number of nitrogens with zero attached hydrogens (tertiary/aromatic N) is 3. The van der Waals surface area contributed by atoms with E-state index in [2.05, 4.69) is 10.2 Å². The van der Waals surface area contributed by atoms with Gasteiger partial charge in [0, 0.05) is 26.2 Å². The number of anilines is 2. The number of piperazine rings is 1. The van der Waals surface area contributed by atoms with Crippen LogP contribution in [0.3, 0.4) is 0 Å². The average Bonchev–Trinajstić information content (AvgIpc) is 2.60. The number of nitrogens with two attached hydrogens (primary N) is 1. The van der Waals surface area contributed by atoms with E-state index in [0.29, 0.717) is 18.8 Å². The highest BCUT2D eigenvalue weighted by atomic mass is 35.5. The van der Waals surface area contributed by atoms with Gasteiger partial charge in [0.2, 0.25) is 10.0 Å². The Morgan fingerprint density at radius 1 is 1.16 bits per heavy atom. The van der Waals surface area contributed by atoms with Gasteiger partial charge in [-0.2, -0.15) is 9.40 Å². The number of rotatable bonds is 4. The number of aromatic amines is 1. The summed E-state index contributed by atoms with van der Waals surface area (Å²) in [5, 5.41) is 5.90. The largest absolute Gasteiger partial charge is 0.380 e. The molecule has 2 heterocycles. The van der Waals surface area contributed by atoms with E-state index >= 15 is 0 Å². The molecular formula is C15H18ClN5O3S. The molecule has 0 unspecified atom stereocenters. The van der Waals surface area contributed by atoms with Gasteiger partial charge < -0.3 is 10.6 Å². The fraction of sp³-hybridized carbons (Fsp3) is 0.333. The van der Waals surface area contributed by atoms with Crippen molar-refractivity contribution in [3.05, 3.63) is 51.3 Å². The van der Waals surface area contributed by atoms with Crippen molar-refractivity contribution in [1.82, 2.24) is 14.5 Å². The van der Waals surface area contributed by atoms with Crippen molar-refractivity contribution >= 4 is 33.1 Å². The number of H-pyrrole nitrogens is 1. The Kier molecular flexibility index (Phi) is 4.98. The van der Waals surface area contributed by atoms with Crippen LogP contribution in [0.4, 0.5) is 11.5 Å². The molecule has 0 aliphatic carbocycles. The van der Waals surface area contributed by atoms with Crippen LogP contribution in [0.1, 0.15) is 5.56 Å². The molecule has 10 heteroatoms. The predicted octanol–water partition coefficient (Wildman–Crippen LogP) is 0.657. The molecule has 1 aliphatic rings. The van der Waals surface area contributed by atoms with E-state index in [9.17, 15) is 13.2 Å². The van der Waals surface area contributed by atoms with Gasteiger partial charge in [0.05, 0.1) is 5.75 Å². The van der Waals surface area contributed by atoms with Crippen LogP contribution in [0.2, 0.25) is 5.02 Å². The molecule has 0 amide bonds. The lowest BCUT2D eigenvalue weighted by atomic mass is 10.2. The summed E-state index contributed by atoms with van der Waals surface area (Å²) < 4.78 is 26.6. The lowest BCUT2D eigenvalue weighted by molar-refractivity contribution is 0.384. The molecule has 0 saturated carbocycles. The molecule has 3 N–H and O–H groups in total. The standard InChI is InChI=1S/C15H18ClN5O3S/c16-12-13(14(17)18-19-15(12)22)20-6-8-21(9-7-20)25(23,24)10-11-4-2-1-3-5-11/h1-5H,6-10H2,(H2,17,18)(H,19,22). The molecule has 0 bridgehead atoms. The smallest absolute Gasteiger partial charge is 0.285 e. The third-order valence-corrected chi connectivity index (χ3v) is 6.27. The Labute approximate surface area is 150 Å². The highest BCUT2D eigenvalue weighted by Crippen LogP contribution is 2.28. The SMILES string of the molecule is Nc1n[nH]c(=O)c(Cl)c1N1CCN(S(=O)(=O)Cc2ccccc2)CC1. The number of nitrogens with one attached hydrogen (secondary N) is 1. The minimum Gasteiger partial charge on any atom is -0.380 e. The Morgan fingerprint density at radius 3 is 2.44 bits per heavy atom. The highest BCUT2D eigenvalue weighted by Gasteiger charge is 2.29. The number of nitrogen functional groups attached to an aromatic ring is 1. The van der Waals surface area contributed by atoms with Gasteiger partial charge in [-0.3, -0.25) is 4.79 Å². The Hall–Kier alpha value is -2.10. The molecule has 0 atom stereocenters. The van der Waals surface area contributed by atoms with Crippen LogP contribution in [-0.2, 0) is 15.8 Å². The minimum absolute atomic E-state index is 0.0342. The monoisotopic (exact) mass is 383 g/mol. The fourth-order valence-electron chi connectivity index (χ4n) is 2.80. The van der Waals surface area contributed by atoms with Crippen LogP contribution in [0.5, 0.6) is 0 Å². The summed E-state index contributed by atoms with van der Waals surface area (Å²) in [7, 11) is -3.41. The van der Waals surface area contributed by atoms with Crippen molar-refractivity contribution in [2.45, 2.75) is 5.75 Å². The van der Waals surface area contributed by atoms with E-state index in [1.807, 2.05) is 18.2 Å². The van der Waals surface area contributed by atoms with Crippen molar-refractivity contribution in [1.29, 1.82) is 0 Å². The first-order chi connectivity index (χ1) is 11.9. The summed E-state index contributed by atoms with van der Waals surface area (Å²) in [4.78, 5) is 13.4. The molecule has 134 valence electrons. The van der Waals surface area contributed by atoms with E-state index in [-0.39, 0.29) is 29.7 Å². The summed E-state index contributed by atoms with van der Waals surface area (Å²) in [5.74, 6) is 0.0775. The summed E-state index contributed by atoms with van der Waals surface area (Å²) in [6.07, 6.45) is 0. The maximum atomic E-state index is 12.6. The number of halogens is 1. The third-order valence-electron chi connectivity index (χ3n) is 4.07. The van der Waals surface area contributed by atoms with Crippen molar-refractivity contribution < 1.29 is 8.42 Å². The first-order valence-corrected chi connectivity index (χ1v) is 9.67. The van der Waals surface area contributed by atoms with Crippen molar-refractivity contribution in [2.75, 3.05) is 36.8 Å². The van der Waals surface area contributed by atoms with Crippen molar-refractivity contribution in [2.24, 2.45) is 0 Å². The van der Waals surface area contributed by atoms with Crippen molar-refractivity contribution in [3.8, 4) is 0 Å². The van der Waals surface area contributed by atoms with E-state index in [0.717, 1.165) is 5.56 Å². The lowest BCUT2D eigenvalue weighted by Crippen LogP contribution is -2.49. The molecule has 1 saturated heterocycles. The van der Waals surface area contributed by atoms with Gasteiger partial charge in [-0.15, -0.1) is 0 Å². The Morgan fingerprint density at radius 2 is 1.80 bits per heavy atom. The minimum atomic E-state index is -3.41. The molecular weight excluding hydrogens is 366 g/mol. The first-order valence-electron chi connectivity index (χ1n) is 7.69. The molecule has 3 rings (SSSR count). The van der Waals surface area contributed by atoms with Crippen molar-refractivity contribution in [3.63, 3.8) is 0 Å². The van der Waals surface area contributed by atoms with Crippen LogP contribution in [-0.4, -0.2) is 49.1 Å². The van der Waals surface area contributed by atoms with Crippen LogP contribution in [0.25, 0.3) is 0 Å². The number of hydrogen-bond donors (Lipinski definition) is 2. The summed E-state index contributed by atoms with van der Waals surface area (Å²) in [5.41, 5.74) is 6.38. The number of hydrogen-bond acceptors (Lipinski definition) is 6. The average molecular weight is 384 g/mol. The second-order valence-electron chi connectivity index (χ2n) is 5.73. The van der Waals surface area contributed by atoms with E-state index in [1.54, 1.807) is 17.0 Å². The molecule has 2 aromatic rings. The molecule has 0 radical (unpaired) electrons. The normalized spacial score (nSPS) is 16.1. The summed E-state index contributed by atoms with van der Waals surface area (Å²) in [6.45, 7) is 1.33. The molecule has 1 fully saturated rings. The molecule has 25 heavy (non-hydrogen) atoms. The lowest BCUT2D eigenvalue weighted by Gasteiger charge is -2.35. The zero-order chi connectivity index (χ0) is 18.0. The van der Waals surface area contributed by atoms with Gasteiger partial charge in [0.25, 0.3) is 5.56 Å². The van der Waals surface area contributed by atoms with Gasteiger partial charge in [-0.25, -0.2) is 13.5 Å². The van der Waals surface area contributed by atoms with Gasteiger partial charge in [0.15, 0.2) is 5.82 Å². The number of benzene rings is 1. The maximum absolute atomic E-state index is 12.6. The topological polar surface area (TPSA) is 112 Å². The quantitative estimate of drug-likeness (QED) is 0.801. The zero-order valence-electron chi connectivity index (χ0n) is 13.4. The third kappa shape index (κ3) is 3.78. The van der Waals surface area contributed by atoms with E-state index in [1.165, 1.54) is 4.31 Å². The van der Waals surface area contributed by atoms with E-state index in [4.69, 9.17) is 17.3 Å². The van der Waals surface area contributed by atoms with Gasteiger partial charge >= 0.3 is 0 Å². The van der Waals surface area contributed by atoms with Crippen LogP contribution >= 0.6 is 11.6 Å². The second kappa shape index (κ2) is 7.03. The van der Waals surface area contributed by atoms with Gasteiger partial charge in [0.1, 0.15) is 10.7 Å². The number of sulfonamides is 1. The summed E-state index contributed by atoms with van der Waals surface area (Å²) in [6, 6.07) is 9.05. The number of aromatic nitrogens is 2. The van der Waals surface area contributed by atoms with E-state index < -0.39 is 15.6 Å². The van der Waals surface area contributed by atoms with Crippen LogP contribution in [0.15, 0.2) is 35.1 Å². The Balaban J connectivity index is 1.72. The van der Waals surface area contributed by atoms with Gasteiger partial charge in [-0.05, 0) is 5.56 Å². The molecule has 1 aromatic heterocycles. The molecule has 1 aliphatic heterocycles. The molecule has 8 nitrogen and oxygen atoms in total. The summed E-state index contributed by atoms with van der Waals surface area (Å²) >= 11 is 6.03. The molecule has 0 spiro atoms. The second-order valence-corrected chi connectivity index (χ2v) is 8.08. The zero-order valence-corrected chi connectivity index (χ0v) is 14.9. The maximum Gasteiger partial charge on any atom is 0.285 e. The molecule has 1 aromatic carbocycles. The van der Waals surface area contributed by atoms with Gasteiger partial charge in [-0.1, -0.05) is 41.9 Å². The highest BCUT2D eigenvalue weighted by molar-refractivity contribution is 7.88.